The van der Waals surface area contributed by atoms with Crippen molar-refractivity contribution in [3.8, 4) is 17.3 Å². The second kappa shape index (κ2) is 4.19. The highest BCUT2D eigenvalue weighted by Gasteiger charge is 2.20. The molecule has 1 aromatic heterocycles. The molecule has 2 heterocycles. The summed E-state index contributed by atoms with van der Waals surface area (Å²) in [7, 11) is 0. The summed E-state index contributed by atoms with van der Waals surface area (Å²) >= 11 is 0. The van der Waals surface area contributed by atoms with Crippen molar-refractivity contribution >= 4 is 5.95 Å². The Hall–Kier alpha value is -2.28. The molecule has 0 fully saturated rings. The standard InChI is InChI=1S/C14H14N4/c1-10-3-5-11(6-4-10)13-12(9-15)18-8-2-7-16-14(18)17-13/h3-6H,2,7-8H2,1H3,(H,16,17). The molecule has 18 heavy (non-hydrogen) atoms. The van der Waals surface area contributed by atoms with Crippen molar-refractivity contribution < 1.29 is 0 Å². The molecule has 1 aliphatic heterocycles. The molecule has 1 aromatic carbocycles. The zero-order valence-corrected chi connectivity index (χ0v) is 10.3. The number of rotatable bonds is 1. The molecule has 0 amide bonds. The van der Waals surface area contributed by atoms with Gasteiger partial charge in [0.25, 0.3) is 0 Å². The molecular formula is C14H14N4. The van der Waals surface area contributed by atoms with Gasteiger partial charge in [0.1, 0.15) is 17.5 Å². The first-order valence-corrected chi connectivity index (χ1v) is 6.11. The molecule has 4 heteroatoms. The largest absolute Gasteiger partial charge is 0.356 e. The Balaban J connectivity index is 2.15. The van der Waals surface area contributed by atoms with E-state index in [0.29, 0.717) is 5.69 Å². The Morgan fingerprint density at radius 3 is 2.83 bits per heavy atom. The molecule has 1 N–H and O–H groups in total. The van der Waals surface area contributed by atoms with Gasteiger partial charge in [-0.05, 0) is 13.3 Å². The van der Waals surface area contributed by atoms with Gasteiger partial charge in [-0.2, -0.15) is 5.26 Å². The summed E-state index contributed by atoms with van der Waals surface area (Å²) in [6.45, 7) is 3.84. The van der Waals surface area contributed by atoms with E-state index in [1.165, 1.54) is 5.56 Å². The van der Waals surface area contributed by atoms with Crippen LogP contribution < -0.4 is 5.32 Å². The van der Waals surface area contributed by atoms with Crippen LogP contribution in [0.4, 0.5) is 5.95 Å². The lowest BCUT2D eigenvalue weighted by Gasteiger charge is -2.15. The minimum absolute atomic E-state index is 0.654. The third-order valence-electron chi connectivity index (χ3n) is 3.24. The van der Waals surface area contributed by atoms with E-state index in [1.54, 1.807) is 0 Å². The van der Waals surface area contributed by atoms with Crippen molar-refractivity contribution in [2.24, 2.45) is 0 Å². The Morgan fingerprint density at radius 1 is 1.33 bits per heavy atom. The molecular weight excluding hydrogens is 224 g/mol. The van der Waals surface area contributed by atoms with Crippen LogP contribution in [0.5, 0.6) is 0 Å². The molecule has 2 aromatic rings. The van der Waals surface area contributed by atoms with E-state index in [9.17, 15) is 5.26 Å². The first-order chi connectivity index (χ1) is 8.79. The average molecular weight is 238 g/mol. The van der Waals surface area contributed by atoms with E-state index in [0.717, 1.165) is 36.7 Å². The molecule has 0 atom stereocenters. The van der Waals surface area contributed by atoms with Gasteiger partial charge in [-0.3, -0.25) is 0 Å². The van der Waals surface area contributed by atoms with E-state index >= 15 is 0 Å². The smallest absolute Gasteiger partial charge is 0.204 e. The van der Waals surface area contributed by atoms with Crippen LogP contribution in [0.3, 0.4) is 0 Å². The second-order valence-electron chi connectivity index (χ2n) is 4.54. The molecule has 0 unspecified atom stereocenters. The molecule has 3 rings (SSSR count). The normalized spacial score (nSPS) is 13.6. The third-order valence-corrected chi connectivity index (χ3v) is 3.24. The highest BCUT2D eigenvalue weighted by atomic mass is 15.2. The highest BCUT2D eigenvalue weighted by molar-refractivity contribution is 5.68. The number of nitriles is 1. The topological polar surface area (TPSA) is 53.6 Å². The number of benzene rings is 1. The summed E-state index contributed by atoms with van der Waals surface area (Å²) in [4.78, 5) is 4.55. The highest BCUT2D eigenvalue weighted by Crippen LogP contribution is 2.28. The Morgan fingerprint density at radius 2 is 2.11 bits per heavy atom. The molecule has 0 radical (unpaired) electrons. The zero-order chi connectivity index (χ0) is 12.5. The summed E-state index contributed by atoms with van der Waals surface area (Å²) in [5.74, 6) is 0.813. The molecule has 0 saturated heterocycles. The maximum atomic E-state index is 9.34. The number of aryl methyl sites for hydroxylation is 1. The number of imidazole rings is 1. The van der Waals surface area contributed by atoms with Gasteiger partial charge in [-0.1, -0.05) is 29.8 Å². The minimum Gasteiger partial charge on any atom is -0.356 e. The van der Waals surface area contributed by atoms with Crippen molar-refractivity contribution in [2.45, 2.75) is 19.9 Å². The summed E-state index contributed by atoms with van der Waals surface area (Å²) in [6, 6.07) is 10.4. The van der Waals surface area contributed by atoms with E-state index in [2.05, 4.69) is 23.3 Å². The maximum absolute atomic E-state index is 9.34. The fraction of sp³-hybridized carbons (Fsp3) is 0.286. The summed E-state index contributed by atoms with van der Waals surface area (Å²) in [6.07, 6.45) is 1.03. The lowest BCUT2D eigenvalue weighted by atomic mass is 10.1. The van der Waals surface area contributed by atoms with E-state index in [1.807, 2.05) is 28.8 Å². The predicted molar refractivity (Wildman–Crippen MR) is 70.2 cm³/mol. The van der Waals surface area contributed by atoms with Gasteiger partial charge in [0.2, 0.25) is 5.95 Å². The van der Waals surface area contributed by atoms with Gasteiger partial charge in [0, 0.05) is 18.7 Å². The molecule has 0 bridgehead atoms. The second-order valence-corrected chi connectivity index (χ2v) is 4.54. The summed E-state index contributed by atoms with van der Waals surface area (Å²) < 4.78 is 1.97. The molecule has 0 saturated carbocycles. The molecule has 90 valence electrons. The number of fused-ring (bicyclic) bond motifs is 1. The van der Waals surface area contributed by atoms with Crippen LogP contribution in [0, 0.1) is 18.3 Å². The number of aromatic nitrogens is 2. The lowest BCUT2D eigenvalue weighted by molar-refractivity contribution is 0.622. The van der Waals surface area contributed by atoms with Crippen molar-refractivity contribution in [3.05, 3.63) is 35.5 Å². The lowest BCUT2D eigenvalue weighted by Crippen LogP contribution is -2.18. The molecule has 4 nitrogen and oxygen atoms in total. The van der Waals surface area contributed by atoms with Crippen molar-refractivity contribution in [1.82, 2.24) is 9.55 Å². The van der Waals surface area contributed by atoms with Gasteiger partial charge >= 0.3 is 0 Å². The van der Waals surface area contributed by atoms with Crippen molar-refractivity contribution in [3.63, 3.8) is 0 Å². The Labute approximate surface area is 106 Å². The first-order valence-electron chi connectivity index (χ1n) is 6.11. The van der Waals surface area contributed by atoms with Gasteiger partial charge in [-0.25, -0.2) is 4.98 Å². The van der Waals surface area contributed by atoms with Gasteiger partial charge in [0.05, 0.1) is 0 Å². The van der Waals surface area contributed by atoms with Crippen LogP contribution in [-0.2, 0) is 6.54 Å². The van der Waals surface area contributed by atoms with Gasteiger partial charge in [-0.15, -0.1) is 0 Å². The fourth-order valence-electron chi connectivity index (χ4n) is 2.27. The number of anilines is 1. The van der Waals surface area contributed by atoms with Crippen LogP contribution in [0.25, 0.3) is 11.3 Å². The van der Waals surface area contributed by atoms with E-state index in [4.69, 9.17) is 0 Å². The third kappa shape index (κ3) is 1.65. The van der Waals surface area contributed by atoms with Crippen LogP contribution in [-0.4, -0.2) is 16.1 Å². The van der Waals surface area contributed by atoms with Crippen LogP contribution in [0.2, 0.25) is 0 Å². The SMILES string of the molecule is Cc1ccc(-c2nc3n(c2C#N)CCCN3)cc1. The molecule has 0 spiro atoms. The number of hydrogen-bond donors (Lipinski definition) is 1. The molecule has 0 aliphatic carbocycles. The summed E-state index contributed by atoms with van der Waals surface area (Å²) in [5, 5.41) is 12.6. The summed E-state index contributed by atoms with van der Waals surface area (Å²) in [5.41, 5.74) is 3.64. The number of nitrogens with zero attached hydrogens (tertiary/aromatic N) is 3. The van der Waals surface area contributed by atoms with Crippen LogP contribution in [0.1, 0.15) is 17.7 Å². The van der Waals surface area contributed by atoms with Gasteiger partial charge < -0.3 is 9.88 Å². The van der Waals surface area contributed by atoms with Crippen molar-refractivity contribution in [1.29, 1.82) is 5.26 Å². The number of nitrogens with one attached hydrogen (secondary N) is 1. The van der Waals surface area contributed by atoms with E-state index in [-0.39, 0.29) is 0 Å². The van der Waals surface area contributed by atoms with Crippen LogP contribution in [0.15, 0.2) is 24.3 Å². The zero-order valence-electron chi connectivity index (χ0n) is 10.3. The van der Waals surface area contributed by atoms with Gasteiger partial charge in [0.15, 0.2) is 0 Å². The number of hydrogen-bond acceptors (Lipinski definition) is 3. The molecule has 1 aliphatic rings. The average Bonchev–Trinajstić information content (AvgIpc) is 2.78. The predicted octanol–water partition coefficient (Wildman–Crippen LogP) is 2.55. The Bertz CT molecular complexity index is 616. The van der Waals surface area contributed by atoms with E-state index < -0.39 is 0 Å². The fourth-order valence-corrected chi connectivity index (χ4v) is 2.27. The Kier molecular flexibility index (Phi) is 2.52. The van der Waals surface area contributed by atoms with Crippen LogP contribution >= 0.6 is 0 Å². The first kappa shape index (κ1) is 10.8. The van der Waals surface area contributed by atoms with Crippen molar-refractivity contribution in [2.75, 3.05) is 11.9 Å². The quantitative estimate of drug-likeness (QED) is 0.830. The minimum atomic E-state index is 0.654. The maximum Gasteiger partial charge on any atom is 0.204 e. The monoisotopic (exact) mass is 238 g/mol.